The third-order valence-corrected chi connectivity index (χ3v) is 6.41. The molecule has 0 atom stereocenters. The number of benzene rings is 4. The van der Waals surface area contributed by atoms with Gasteiger partial charge in [0.05, 0.1) is 0 Å². The highest BCUT2D eigenvalue weighted by molar-refractivity contribution is 5.96. The molecule has 0 amide bonds. The van der Waals surface area contributed by atoms with E-state index < -0.39 is 0 Å². The van der Waals surface area contributed by atoms with Crippen molar-refractivity contribution in [3.05, 3.63) is 78.9 Å². The smallest absolute Gasteiger partial charge is 0.143 e. The molecule has 174 valence electrons. The molecule has 1 heterocycles. The Hall–Kier alpha value is -3.70. The number of hydrogen-bond donors (Lipinski definition) is 3. The number of piperidine rings is 1. The van der Waals surface area contributed by atoms with E-state index in [-0.39, 0.29) is 11.5 Å². The van der Waals surface area contributed by atoms with E-state index in [0.29, 0.717) is 5.75 Å². The lowest BCUT2D eigenvalue weighted by atomic mass is 9.99. The molecular formula is C29H30N2O3. The first kappa shape index (κ1) is 22.1. The maximum absolute atomic E-state index is 9.93. The second-order valence-corrected chi connectivity index (χ2v) is 8.85. The molecule has 3 N–H and O–H groups in total. The lowest BCUT2D eigenvalue weighted by Gasteiger charge is -2.26. The molecule has 0 aromatic heterocycles. The van der Waals surface area contributed by atoms with Crippen LogP contribution in [0.15, 0.2) is 78.9 Å². The van der Waals surface area contributed by atoms with Crippen LogP contribution in [0.1, 0.15) is 19.3 Å². The summed E-state index contributed by atoms with van der Waals surface area (Å²) in [6, 6.07) is 24.4. The van der Waals surface area contributed by atoms with Gasteiger partial charge in [0.1, 0.15) is 23.0 Å². The monoisotopic (exact) mass is 454 g/mol. The van der Waals surface area contributed by atoms with Crippen molar-refractivity contribution in [1.29, 1.82) is 0 Å². The third kappa shape index (κ3) is 5.10. The van der Waals surface area contributed by atoms with Crippen LogP contribution in [0.5, 0.6) is 23.0 Å². The van der Waals surface area contributed by atoms with E-state index in [1.165, 1.54) is 32.4 Å². The number of nitrogens with zero attached hydrogens (tertiary/aromatic N) is 1. The Morgan fingerprint density at radius 1 is 0.765 bits per heavy atom. The molecule has 0 bridgehead atoms. The Morgan fingerprint density at radius 2 is 1.50 bits per heavy atom. The van der Waals surface area contributed by atoms with Gasteiger partial charge in [0.25, 0.3) is 0 Å². The molecule has 1 aliphatic heterocycles. The summed E-state index contributed by atoms with van der Waals surface area (Å²) >= 11 is 0. The van der Waals surface area contributed by atoms with E-state index in [4.69, 9.17) is 4.74 Å². The predicted octanol–water partition coefficient (Wildman–Crippen LogP) is 6.61. The molecule has 5 heteroatoms. The zero-order valence-corrected chi connectivity index (χ0v) is 19.2. The van der Waals surface area contributed by atoms with Crippen LogP contribution in [-0.2, 0) is 0 Å². The van der Waals surface area contributed by atoms with Crippen LogP contribution < -0.4 is 10.1 Å². The van der Waals surface area contributed by atoms with Gasteiger partial charge in [-0.3, -0.25) is 0 Å². The van der Waals surface area contributed by atoms with Gasteiger partial charge in [-0.25, -0.2) is 0 Å². The highest BCUT2D eigenvalue weighted by Crippen LogP contribution is 2.41. The average molecular weight is 455 g/mol. The second-order valence-electron chi connectivity index (χ2n) is 8.85. The van der Waals surface area contributed by atoms with Crippen molar-refractivity contribution in [2.75, 3.05) is 31.5 Å². The van der Waals surface area contributed by atoms with Crippen LogP contribution in [0.2, 0.25) is 0 Å². The van der Waals surface area contributed by atoms with Crippen molar-refractivity contribution in [2.24, 2.45) is 0 Å². The minimum atomic E-state index is 0.218. The van der Waals surface area contributed by atoms with Crippen molar-refractivity contribution in [1.82, 2.24) is 4.90 Å². The molecule has 4 aromatic rings. The van der Waals surface area contributed by atoms with Gasteiger partial charge < -0.3 is 25.2 Å². The van der Waals surface area contributed by atoms with Gasteiger partial charge >= 0.3 is 0 Å². The molecule has 1 saturated heterocycles. The van der Waals surface area contributed by atoms with E-state index in [1.807, 2.05) is 54.6 Å². The number of nitrogens with one attached hydrogen (secondary N) is 1. The van der Waals surface area contributed by atoms with E-state index in [2.05, 4.69) is 10.2 Å². The summed E-state index contributed by atoms with van der Waals surface area (Å²) in [7, 11) is 0. The van der Waals surface area contributed by atoms with Gasteiger partial charge in [0.2, 0.25) is 0 Å². The van der Waals surface area contributed by atoms with E-state index in [9.17, 15) is 10.2 Å². The Balaban J connectivity index is 1.36. The quantitative estimate of drug-likeness (QED) is 0.293. The number of likely N-dealkylation sites (tertiary alicyclic amines) is 1. The number of phenols is 2. The molecule has 5 nitrogen and oxygen atoms in total. The fourth-order valence-corrected chi connectivity index (χ4v) is 4.57. The molecule has 0 spiro atoms. The van der Waals surface area contributed by atoms with Crippen molar-refractivity contribution in [3.63, 3.8) is 0 Å². The molecule has 4 aromatic carbocycles. The lowest BCUT2D eigenvalue weighted by Crippen LogP contribution is -2.33. The molecule has 0 saturated carbocycles. The number of anilines is 1. The summed E-state index contributed by atoms with van der Waals surface area (Å²) in [5.41, 5.74) is 2.94. The van der Waals surface area contributed by atoms with Crippen molar-refractivity contribution in [2.45, 2.75) is 19.3 Å². The summed E-state index contributed by atoms with van der Waals surface area (Å²) in [4.78, 5) is 2.52. The highest BCUT2D eigenvalue weighted by Gasteiger charge is 2.14. The maximum atomic E-state index is 9.93. The molecule has 34 heavy (non-hydrogen) atoms. The van der Waals surface area contributed by atoms with Gasteiger partial charge in [0, 0.05) is 29.7 Å². The molecule has 0 aliphatic carbocycles. The Kier molecular flexibility index (Phi) is 6.54. The summed E-state index contributed by atoms with van der Waals surface area (Å²) in [6.07, 6.45) is 3.98. The molecule has 1 aliphatic rings. The normalized spacial score (nSPS) is 14.2. The third-order valence-electron chi connectivity index (χ3n) is 6.41. The van der Waals surface area contributed by atoms with Crippen LogP contribution in [0.25, 0.3) is 21.9 Å². The van der Waals surface area contributed by atoms with E-state index >= 15 is 0 Å². The SMILES string of the molecule is Oc1ccc(-c2ccc3cc(O)ccc3c2Oc2ccc(NCCN3CCCCC3)cc2)cc1. The molecule has 0 unspecified atom stereocenters. The maximum Gasteiger partial charge on any atom is 0.143 e. The van der Waals surface area contributed by atoms with E-state index in [1.54, 1.807) is 24.3 Å². The Bertz CT molecular complexity index is 1250. The number of hydrogen-bond acceptors (Lipinski definition) is 5. The highest BCUT2D eigenvalue weighted by atomic mass is 16.5. The number of phenolic OH excluding ortho intramolecular Hbond substituents is 2. The largest absolute Gasteiger partial charge is 0.508 e. The number of fused-ring (bicyclic) bond motifs is 1. The summed E-state index contributed by atoms with van der Waals surface area (Å²) in [6.45, 7) is 4.41. The van der Waals surface area contributed by atoms with Crippen LogP contribution in [0.3, 0.4) is 0 Å². The summed E-state index contributed by atoms with van der Waals surface area (Å²) in [5.74, 6) is 1.90. The summed E-state index contributed by atoms with van der Waals surface area (Å²) < 4.78 is 6.42. The van der Waals surface area contributed by atoms with Crippen LogP contribution in [-0.4, -0.2) is 41.3 Å². The predicted molar refractivity (Wildman–Crippen MR) is 138 cm³/mol. The van der Waals surface area contributed by atoms with Crippen molar-refractivity contribution in [3.8, 4) is 34.1 Å². The van der Waals surface area contributed by atoms with Crippen LogP contribution in [0.4, 0.5) is 5.69 Å². The number of rotatable bonds is 7. The van der Waals surface area contributed by atoms with Crippen molar-refractivity contribution >= 4 is 16.5 Å². The fraction of sp³-hybridized carbons (Fsp3) is 0.241. The molecule has 5 rings (SSSR count). The fourth-order valence-electron chi connectivity index (χ4n) is 4.57. The summed E-state index contributed by atoms with van der Waals surface area (Å²) in [5, 5.41) is 25.0. The Labute approximate surface area is 200 Å². The van der Waals surface area contributed by atoms with Gasteiger partial charge in [-0.15, -0.1) is 0 Å². The van der Waals surface area contributed by atoms with Gasteiger partial charge in [-0.1, -0.05) is 24.6 Å². The zero-order valence-electron chi connectivity index (χ0n) is 19.2. The first-order chi connectivity index (χ1) is 16.7. The topological polar surface area (TPSA) is 65.0 Å². The van der Waals surface area contributed by atoms with Gasteiger partial charge in [0.15, 0.2) is 0 Å². The first-order valence-corrected chi connectivity index (χ1v) is 11.9. The zero-order chi connectivity index (χ0) is 23.3. The Morgan fingerprint density at radius 3 is 2.26 bits per heavy atom. The van der Waals surface area contributed by atoms with Crippen LogP contribution >= 0.6 is 0 Å². The molecule has 0 radical (unpaired) electrons. The molecule has 1 fully saturated rings. The van der Waals surface area contributed by atoms with Gasteiger partial charge in [-0.2, -0.15) is 0 Å². The minimum absolute atomic E-state index is 0.218. The lowest BCUT2D eigenvalue weighted by molar-refractivity contribution is 0.237. The second kappa shape index (κ2) is 10.1. The number of aromatic hydroxyl groups is 2. The average Bonchev–Trinajstić information content (AvgIpc) is 2.86. The van der Waals surface area contributed by atoms with Gasteiger partial charge in [-0.05, 0) is 97.5 Å². The minimum Gasteiger partial charge on any atom is -0.508 e. The van der Waals surface area contributed by atoms with Crippen LogP contribution in [0, 0.1) is 0 Å². The van der Waals surface area contributed by atoms with Crippen molar-refractivity contribution < 1.29 is 14.9 Å². The number of ether oxygens (including phenoxy) is 1. The standard InChI is InChI=1S/C29H30N2O3/c32-24-9-4-21(5-10-24)27-14-6-22-20-25(33)11-15-28(22)29(27)34-26-12-7-23(8-13-26)30-16-19-31-17-2-1-3-18-31/h4-15,20,30,32-33H,1-3,16-19H2. The molecular weight excluding hydrogens is 424 g/mol. The van der Waals surface area contributed by atoms with E-state index in [0.717, 1.165) is 46.4 Å². The first-order valence-electron chi connectivity index (χ1n) is 11.9.